The van der Waals surface area contributed by atoms with E-state index in [4.69, 9.17) is 0 Å². The molecule has 1 amide bonds. The number of nitrogens with one attached hydrogen (secondary N) is 1. The van der Waals surface area contributed by atoms with Crippen LogP contribution in [0, 0.1) is 0 Å². The van der Waals surface area contributed by atoms with Gasteiger partial charge in [-0.15, -0.1) is 0 Å². The Kier molecular flexibility index (Phi) is 2.87. The Labute approximate surface area is 73.4 Å². The van der Waals surface area contributed by atoms with Crippen molar-refractivity contribution < 1.29 is 4.79 Å². The molecule has 0 aromatic carbocycles. The summed E-state index contributed by atoms with van der Waals surface area (Å²) in [4.78, 5) is 13.4. The smallest absolute Gasteiger partial charge is 0.249 e. The van der Waals surface area contributed by atoms with Crippen molar-refractivity contribution in [2.24, 2.45) is 0 Å². The average molecular weight is 168 g/mol. The zero-order valence-corrected chi connectivity index (χ0v) is 7.76. The summed E-state index contributed by atoms with van der Waals surface area (Å²) >= 11 is 0. The third-order valence-electron chi connectivity index (χ3n) is 2.13. The lowest BCUT2D eigenvalue weighted by atomic mass is 10.2. The molecule has 1 saturated heterocycles. The van der Waals surface area contributed by atoms with Crippen LogP contribution < -0.4 is 5.32 Å². The van der Waals surface area contributed by atoms with Crippen molar-refractivity contribution >= 4 is 5.91 Å². The Morgan fingerprint density at radius 1 is 1.67 bits per heavy atom. The van der Waals surface area contributed by atoms with Gasteiger partial charge in [0.1, 0.15) is 0 Å². The quantitative estimate of drug-likeness (QED) is 0.574. The van der Waals surface area contributed by atoms with E-state index >= 15 is 0 Å². The van der Waals surface area contributed by atoms with Gasteiger partial charge in [-0.25, -0.2) is 0 Å². The van der Waals surface area contributed by atoms with E-state index in [-0.39, 0.29) is 5.91 Å². The number of hydrogen-bond donors (Lipinski definition) is 1. The molecule has 68 valence electrons. The largest absolute Gasteiger partial charge is 0.334 e. The first-order valence-electron chi connectivity index (χ1n) is 4.30. The molecule has 1 rings (SSSR count). The van der Waals surface area contributed by atoms with Gasteiger partial charge in [0, 0.05) is 31.2 Å². The van der Waals surface area contributed by atoms with E-state index in [1.807, 2.05) is 11.8 Å². The zero-order valence-electron chi connectivity index (χ0n) is 7.76. The van der Waals surface area contributed by atoms with Crippen LogP contribution in [0.3, 0.4) is 0 Å². The van der Waals surface area contributed by atoms with Crippen LogP contribution in [0.25, 0.3) is 0 Å². The lowest BCUT2D eigenvalue weighted by Crippen LogP contribution is -2.52. The molecular weight excluding hydrogens is 152 g/mol. The normalized spacial score (nSPS) is 23.8. The van der Waals surface area contributed by atoms with E-state index in [0.29, 0.717) is 11.6 Å². The van der Waals surface area contributed by atoms with Crippen LogP contribution in [0.4, 0.5) is 0 Å². The fraction of sp³-hybridized carbons (Fsp3) is 0.667. The molecule has 12 heavy (non-hydrogen) atoms. The first kappa shape index (κ1) is 9.26. The van der Waals surface area contributed by atoms with Crippen LogP contribution in [0.2, 0.25) is 0 Å². The molecule has 0 aliphatic carbocycles. The average Bonchev–Trinajstić information content (AvgIpc) is 2.04. The monoisotopic (exact) mass is 168 g/mol. The molecule has 0 saturated carbocycles. The number of rotatable bonds is 1. The van der Waals surface area contributed by atoms with E-state index < -0.39 is 0 Å². The minimum atomic E-state index is 0.0870. The van der Waals surface area contributed by atoms with Crippen molar-refractivity contribution in [2.75, 3.05) is 19.6 Å². The summed E-state index contributed by atoms with van der Waals surface area (Å²) in [6.07, 6.45) is 0. The highest BCUT2D eigenvalue weighted by Crippen LogP contribution is 2.06. The van der Waals surface area contributed by atoms with Gasteiger partial charge >= 0.3 is 0 Å². The SMILES string of the molecule is C=C(C)C(=O)N1CCNCC1C. The topological polar surface area (TPSA) is 32.3 Å². The van der Waals surface area contributed by atoms with E-state index in [2.05, 4.69) is 11.9 Å². The fourth-order valence-corrected chi connectivity index (χ4v) is 1.39. The summed E-state index contributed by atoms with van der Waals surface area (Å²) < 4.78 is 0. The highest BCUT2D eigenvalue weighted by Gasteiger charge is 2.22. The number of carbonyl (C=O) groups is 1. The molecule has 1 fully saturated rings. The molecule has 0 aromatic heterocycles. The second kappa shape index (κ2) is 3.72. The number of carbonyl (C=O) groups excluding carboxylic acids is 1. The van der Waals surface area contributed by atoms with Gasteiger partial charge in [0.15, 0.2) is 0 Å². The molecule has 0 aromatic rings. The number of amides is 1. The third-order valence-corrected chi connectivity index (χ3v) is 2.13. The molecule has 1 N–H and O–H groups in total. The van der Waals surface area contributed by atoms with E-state index in [0.717, 1.165) is 19.6 Å². The van der Waals surface area contributed by atoms with Crippen LogP contribution in [0.1, 0.15) is 13.8 Å². The van der Waals surface area contributed by atoms with Gasteiger partial charge < -0.3 is 10.2 Å². The third kappa shape index (κ3) is 1.85. The molecule has 1 aliphatic rings. The molecular formula is C9H16N2O. The molecule has 0 spiro atoms. The fourth-order valence-electron chi connectivity index (χ4n) is 1.39. The van der Waals surface area contributed by atoms with Crippen LogP contribution in [0.5, 0.6) is 0 Å². The summed E-state index contributed by atoms with van der Waals surface area (Å²) in [5, 5.41) is 3.23. The summed E-state index contributed by atoms with van der Waals surface area (Å²) in [5.74, 6) is 0.0870. The van der Waals surface area contributed by atoms with Gasteiger partial charge in [0.2, 0.25) is 5.91 Å². The van der Waals surface area contributed by atoms with Crippen molar-refractivity contribution in [2.45, 2.75) is 19.9 Å². The minimum absolute atomic E-state index is 0.0870. The Bertz CT molecular complexity index is 201. The Balaban J connectivity index is 2.59. The van der Waals surface area contributed by atoms with Crippen molar-refractivity contribution in [3.63, 3.8) is 0 Å². The Hall–Kier alpha value is -0.830. The van der Waals surface area contributed by atoms with E-state index in [1.165, 1.54) is 0 Å². The molecule has 1 aliphatic heterocycles. The highest BCUT2D eigenvalue weighted by atomic mass is 16.2. The number of nitrogens with zero attached hydrogens (tertiary/aromatic N) is 1. The molecule has 0 radical (unpaired) electrons. The van der Waals surface area contributed by atoms with Crippen LogP contribution in [-0.2, 0) is 4.79 Å². The molecule has 1 atom stereocenters. The summed E-state index contributed by atoms with van der Waals surface area (Å²) in [7, 11) is 0. The molecule has 3 nitrogen and oxygen atoms in total. The molecule has 0 bridgehead atoms. The number of piperazine rings is 1. The second-order valence-corrected chi connectivity index (χ2v) is 3.33. The maximum absolute atomic E-state index is 11.5. The van der Waals surface area contributed by atoms with Gasteiger partial charge in [-0.2, -0.15) is 0 Å². The molecule has 1 unspecified atom stereocenters. The lowest BCUT2D eigenvalue weighted by Gasteiger charge is -2.34. The van der Waals surface area contributed by atoms with Crippen molar-refractivity contribution in [1.82, 2.24) is 10.2 Å². The minimum Gasteiger partial charge on any atom is -0.334 e. The molecule has 3 heteroatoms. The van der Waals surface area contributed by atoms with E-state index in [9.17, 15) is 4.79 Å². The van der Waals surface area contributed by atoms with Gasteiger partial charge in [-0.3, -0.25) is 4.79 Å². The van der Waals surface area contributed by atoms with Gasteiger partial charge in [0.25, 0.3) is 0 Å². The van der Waals surface area contributed by atoms with E-state index in [1.54, 1.807) is 6.92 Å². The van der Waals surface area contributed by atoms with Crippen LogP contribution in [-0.4, -0.2) is 36.5 Å². The zero-order chi connectivity index (χ0) is 9.14. The highest BCUT2D eigenvalue weighted by molar-refractivity contribution is 5.92. The maximum Gasteiger partial charge on any atom is 0.249 e. The first-order chi connectivity index (χ1) is 5.63. The van der Waals surface area contributed by atoms with Gasteiger partial charge in [-0.05, 0) is 13.8 Å². The van der Waals surface area contributed by atoms with Crippen molar-refractivity contribution in [1.29, 1.82) is 0 Å². The lowest BCUT2D eigenvalue weighted by molar-refractivity contribution is -0.129. The predicted molar refractivity (Wildman–Crippen MR) is 48.9 cm³/mol. The standard InChI is InChI=1S/C9H16N2O/c1-7(2)9(12)11-5-4-10-6-8(11)3/h8,10H,1,4-6H2,2-3H3. The Morgan fingerprint density at radius 2 is 2.33 bits per heavy atom. The van der Waals surface area contributed by atoms with Crippen LogP contribution in [0.15, 0.2) is 12.2 Å². The van der Waals surface area contributed by atoms with Crippen molar-refractivity contribution in [3.8, 4) is 0 Å². The van der Waals surface area contributed by atoms with Crippen LogP contribution >= 0.6 is 0 Å². The van der Waals surface area contributed by atoms with Gasteiger partial charge in [-0.1, -0.05) is 6.58 Å². The number of hydrogen-bond acceptors (Lipinski definition) is 2. The Morgan fingerprint density at radius 3 is 2.83 bits per heavy atom. The predicted octanol–water partition coefficient (Wildman–Crippen LogP) is 0.383. The molecule has 1 heterocycles. The summed E-state index contributed by atoms with van der Waals surface area (Å²) in [6.45, 7) is 10.0. The van der Waals surface area contributed by atoms with Gasteiger partial charge in [0.05, 0.1) is 0 Å². The first-order valence-corrected chi connectivity index (χ1v) is 4.30. The summed E-state index contributed by atoms with van der Waals surface area (Å²) in [5.41, 5.74) is 0.628. The summed E-state index contributed by atoms with van der Waals surface area (Å²) in [6, 6.07) is 0.294. The second-order valence-electron chi connectivity index (χ2n) is 3.33. The van der Waals surface area contributed by atoms with Crippen molar-refractivity contribution in [3.05, 3.63) is 12.2 Å². The maximum atomic E-state index is 11.5.